The van der Waals surface area contributed by atoms with Crippen molar-refractivity contribution in [1.29, 1.82) is 0 Å². The fourth-order valence-electron chi connectivity index (χ4n) is 7.85. The van der Waals surface area contributed by atoms with Crippen molar-refractivity contribution in [3.63, 3.8) is 0 Å². The molecule has 0 aromatic carbocycles. The second-order valence-corrected chi connectivity index (χ2v) is 19.7. The zero-order chi connectivity index (χ0) is 48.4. The number of ether oxygens (including phenoxy) is 4. The molecular weight excluding hydrogens is 861 g/mol. The molecular formula is C53H94O12S. The highest BCUT2D eigenvalue weighted by Gasteiger charge is 2.46. The van der Waals surface area contributed by atoms with Crippen LogP contribution >= 0.6 is 0 Å². The predicted octanol–water partition coefficient (Wildman–Crippen LogP) is 11.9. The summed E-state index contributed by atoms with van der Waals surface area (Å²) >= 11 is 0. The summed E-state index contributed by atoms with van der Waals surface area (Å²) in [5, 5.41) is 31.0. The van der Waals surface area contributed by atoms with Gasteiger partial charge in [0, 0.05) is 12.8 Å². The summed E-state index contributed by atoms with van der Waals surface area (Å²) in [5.74, 6) is -2.05. The van der Waals surface area contributed by atoms with Gasteiger partial charge in [0.1, 0.15) is 36.8 Å². The lowest BCUT2D eigenvalue weighted by molar-refractivity contribution is -0.297. The lowest BCUT2D eigenvalue weighted by atomic mass is 10.00. The first-order valence-electron chi connectivity index (χ1n) is 26.2. The molecule has 1 aliphatic rings. The standard InChI is InChI=1S/C53H94O12S/c1-3-5-7-9-11-13-15-17-19-21-22-23-24-26-27-29-31-33-35-37-39-41-48(54)62-43-46(44-63-53-52(58)51(57)50(56)47(65-53)45-66(59,60)61)64-49(55)42-40-38-36-34-32-30-28-25-20-18-16-14-12-10-8-6-4-2/h19,21,23-24,27,29,33,35,46-47,50-53,56-58H,3-18,20,22,25-26,28,30-32,34,36-45H2,1-2H3,(H,59,60,61)/b21-19+,24-23+,29-27+,35-33+/t46-,47-,50-,51?,52?,53+/m1/s1. The lowest BCUT2D eigenvalue weighted by Crippen LogP contribution is -2.60. The summed E-state index contributed by atoms with van der Waals surface area (Å²) in [5.41, 5.74) is 0. The fourth-order valence-corrected chi connectivity index (χ4v) is 8.54. The van der Waals surface area contributed by atoms with Crippen LogP contribution in [-0.4, -0.2) is 96.0 Å². The molecule has 1 fully saturated rings. The van der Waals surface area contributed by atoms with E-state index in [0.717, 1.165) is 38.5 Å². The number of esters is 2. The molecule has 0 aliphatic carbocycles. The maximum absolute atomic E-state index is 12.9. The molecule has 13 heteroatoms. The molecule has 0 bridgehead atoms. The second-order valence-electron chi connectivity index (χ2n) is 18.2. The highest BCUT2D eigenvalue weighted by molar-refractivity contribution is 7.85. The number of aliphatic hydroxyl groups is 3. The monoisotopic (exact) mass is 955 g/mol. The summed E-state index contributed by atoms with van der Waals surface area (Å²) in [6.07, 6.45) is 43.0. The topological polar surface area (TPSA) is 186 Å². The van der Waals surface area contributed by atoms with Gasteiger partial charge in [-0.15, -0.1) is 0 Å². The molecule has 384 valence electrons. The normalized spacial score (nSPS) is 19.8. The Hall–Kier alpha value is -2.39. The third-order valence-electron chi connectivity index (χ3n) is 11.9. The molecule has 0 aromatic heterocycles. The predicted molar refractivity (Wildman–Crippen MR) is 266 cm³/mol. The van der Waals surface area contributed by atoms with Gasteiger partial charge >= 0.3 is 11.9 Å². The van der Waals surface area contributed by atoms with Crippen LogP contribution in [0.25, 0.3) is 0 Å². The van der Waals surface area contributed by atoms with Gasteiger partial charge in [-0.1, -0.05) is 204 Å². The molecule has 4 N–H and O–H groups in total. The summed E-state index contributed by atoms with van der Waals surface area (Å²) < 4.78 is 54.2. The van der Waals surface area contributed by atoms with Crippen molar-refractivity contribution >= 4 is 22.1 Å². The maximum atomic E-state index is 12.9. The van der Waals surface area contributed by atoms with Gasteiger partial charge in [-0.25, -0.2) is 0 Å². The maximum Gasteiger partial charge on any atom is 0.306 e. The van der Waals surface area contributed by atoms with Gasteiger partial charge in [-0.05, 0) is 51.4 Å². The first-order chi connectivity index (χ1) is 32.0. The fraction of sp³-hybridized carbons (Fsp3) is 0.811. The minimum absolute atomic E-state index is 0.144. The molecule has 0 amide bonds. The van der Waals surface area contributed by atoms with Crippen LogP contribution < -0.4 is 0 Å². The summed E-state index contributed by atoms with van der Waals surface area (Å²) in [6, 6.07) is 0. The average Bonchev–Trinajstić information content (AvgIpc) is 3.28. The van der Waals surface area contributed by atoms with E-state index in [2.05, 4.69) is 56.4 Å². The van der Waals surface area contributed by atoms with E-state index in [1.54, 1.807) is 0 Å². The number of rotatable bonds is 44. The Morgan fingerprint density at radius 3 is 1.39 bits per heavy atom. The molecule has 1 rings (SSSR count). The van der Waals surface area contributed by atoms with Crippen molar-refractivity contribution in [2.75, 3.05) is 19.0 Å². The number of carbonyl (C=O) groups is 2. The Balaban J connectivity index is 2.41. The van der Waals surface area contributed by atoms with E-state index >= 15 is 0 Å². The highest BCUT2D eigenvalue weighted by Crippen LogP contribution is 2.24. The van der Waals surface area contributed by atoms with Crippen LogP contribution in [-0.2, 0) is 38.7 Å². The molecule has 0 spiro atoms. The SMILES string of the molecule is CCCCCCCCC/C=C/C/C=C/C/C=C/C/C=C/CCCC(=O)OC[C@H](CO[C@H]1O[C@H](CS(=O)(=O)O)[C@@H](O)C(O)C1O)OC(=O)CCCCCCCCCCCCCCCCCCC. The Morgan fingerprint density at radius 2 is 0.924 bits per heavy atom. The van der Waals surface area contributed by atoms with Crippen LogP contribution in [0, 0.1) is 0 Å². The minimum Gasteiger partial charge on any atom is -0.462 e. The van der Waals surface area contributed by atoms with Gasteiger partial charge in [0.25, 0.3) is 10.1 Å². The van der Waals surface area contributed by atoms with E-state index in [4.69, 9.17) is 18.9 Å². The quantitative estimate of drug-likeness (QED) is 0.0196. The van der Waals surface area contributed by atoms with Gasteiger partial charge in [-0.2, -0.15) is 8.42 Å². The molecule has 0 saturated carbocycles. The summed E-state index contributed by atoms with van der Waals surface area (Å²) in [7, 11) is -4.61. The van der Waals surface area contributed by atoms with E-state index in [1.807, 2.05) is 6.08 Å². The van der Waals surface area contributed by atoms with Gasteiger partial charge in [0.2, 0.25) is 0 Å². The van der Waals surface area contributed by atoms with Crippen LogP contribution in [0.5, 0.6) is 0 Å². The second kappa shape index (κ2) is 42.7. The molecule has 0 radical (unpaired) electrons. The molecule has 0 aromatic rings. The number of carbonyl (C=O) groups excluding carboxylic acids is 2. The molecule has 1 heterocycles. The first kappa shape index (κ1) is 61.6. The van der Waals surface area contributed by atoms with Crippen molar-refractivity contribution in [1.82, 2.24) is 0 Å². The third kappa shape index (κ3) is 36.6. The van der Waals surface area contributed by atoms with E-state index in [9.17, 15) is 37.9 Å². The number of allylic oxidation sites excluding steroid dienone is 8. The van der Waals surface area contributed by atoms with Crippen molar-refractivity contribution in [2.45, 2.75) is 256 Å². The molecule has 12 nitrogen and oxygen atoms in total. The van der Waals surface area contributed by atoms with Crippen LogP contribution in [0.1, 0.15) is 219 Å². The smallest absolute Gasteiger partial charge is 0.306 e. The van der Waals surface area contributed by atoms with Crippen LogP contribution in [0.4, 0.5) is 0 Å². The summed E-state index contributed by atoms with van der Waals surface area (Å²) in [6.45, 7) is 3.74. The Morgan fingerprint density at radius 1 is 0.515 bits per heavy atom. The number of aliphatic hydroxyl groups excluding tert-OH is 3. The van der Waals surface area contributed by atoms with Gasteiger partial charge < -0.3 is 34.3 Å². The van der Waals surface area contributed by atoms with Crippen molar-refractivity contribution in [2.24, 2.45) is 0 Å². The Kier molecular flexibility index (Phi) is 39.9. The van der Waals surface area contributed by atoms with E-state index in [0.29, 0.717) is 19.3 Å². The van der Waals surface area contributed by atoms with Crippen LogP contribution in [0.15, 0.2) is 48.6 Å². The van der Waals surface area contributed by atoms with Gasteiger partial charge in [0.05, 0.1) is 6.61 Å². The molecule has 2 unspecified atom stereocenters. The largest absolute Gasteiger partial charge is 0.462 e. The molecule has 1 aliphatic heterocycles. The van der Waals surface area contributed by atoms with Crippen molar-refractivity contribution in [3.05, 3.63) is 48.6 Å². The molecule has 66 heavy (non-hydrogen) atoms. The average molecular weight is 955 g/mol. The van der Waals surface area contributed by atoms with E-state index < -0.39 is 71.2 Å². The van der Waals surface area contributed by atoms with Gasteiger partial charge in [0.15, 0.2) is 12.4 Å². The zero-order valence-corrected chi connectivity index (χ0v) is 42.1. The molecule has 6 atom stereocenters. The Bertz CT molecular complexity index is 1400. The number of hydrogen-bond acceptors (Lipinski definition) is 11. The minimum atomic E-state index is -4.61. The van der Waals surface area contributed by atoms with Crippen LogP contribution in [0.3, 0.4) is 0 Å². The van der Waals surface area contributed by atoms with Crippen molar-refractivity contribution < 1.29 is 56.8 Å². The van der Waals surface area contributed by atoms with Gasteiger partial charge in [-0.3, -0.25) is 14.1 Å². The number of unbranched alkanes of at least 4 members (excludes halogenated alkanes) is 24. The zero-order valence-electron chi connectivity index (χ0n) is 41.3. The van der Waals surface area contributed by atoms with Crippen molar-refractivity contribution in [3.8, 4) is 0 Å². The van der Waals surface area contributed by atoms with E-state index in [1.165, 1.54) is 135 Å². The first-order valence-corrected chi connectivity index (χ1v) is 27.8. The highest BCUT2D eigenvalue weighted by atomic mass is 32.2. The number of hydrogen-bond donors (Lipinski definition) is 4. The lowest BCUT2D eigenvalue weighted by Gasteiger charge is -2.40. The van der Waals surface area contributed by atoms with Crippen LogP contribution in [0.2, 0.25) is 0 Å². The van der Waals surface area contributed by atoms with E-state index in [-0.39, 0.29) is 19.4 Å². The molecule has 1 saturated heterocycles. The summed E-state index contributed by atoms with van der Waals surface area (Å²) in [4.78, 5) is 25.5. The third-order valence-corrected chi connectivity index (χ3v) is 12.7. The Labute approximate surface area is 401 Å².